The zero-order valence-corrected chi connectivity index (χ0v) is 17.2. The van der Waals surface area contributed by atoms with E-state index < -0.39 is 45.4 Å². The number of carbonyl (C=O) groups excluding carboxylic acids is 4. The number of hydroxylamine groups is 2. The molecule has 0 aliphatic heterocycles. The van der Waals surface area contributed by atoms with Crippen molar-refractivity contribution in [2.45, 2.75) is 12.8 Å². The van der Waals surface area contributed by atoms with E-state index >= 15 is 0 Å². The molecule has 0 aromatic heterocycles. The summed E-state index contributed by atoms with van der Waals surface area (Å²) in [6.07, 6.45) is 0.136. The standard InChI is InChI=1S/C20H16N4O10/c25-17(11-1-5-15(6-2-11)23(29)30)21-33-19(27)13-9-14(10-13)20(28)34-22-18(26)12-3-7-16(8-4-12)24(31)32/h1-8,13-14H,9-10H2,(H,21,25)(H,22,26). The van der Waals surface area contributed by atoms with Gasteiger partial charge in [0, 0.05) is 35.4 Å². The molecule has 14 nitrogen and oxygen atoms in total. The van der Waals surface area contributed by atoms with E-state index in [1.165, 1.54) is 24.3 Å². The molecule has 0 heterocycles. The zero-order chi connectivity index (χ0) is 24.8. The maximum atomic E-state index is 12.0. The van der Waals surface area contributed by atoms with Crippen molar-refractivity contribution in [3.63, 3.8) is 0 Å². The highest BCUT2D eigenvalue weighted by Crippen LogP contribution is 2.35. The Morgan fingerprint density at radius 2 is 1.00 bits per heavy atom. The fourth-order valence-corrected chi connectivity index (χ4v) is 2.95. The van der Waals surface area contributed by atoms with Gasteiger partial charge in [0.05, 0.1) is 21.7 Å². The van der Waals surface area contributed by atoms with Gasteiger partial charge in [0.15, 0.2) is 0 Å². The minimum absolute atomic E-state index is 0.0391. The van der Waals surface area contributed by atoms with Gasteiger partial charge in [-0.1, -0.05) is 0 Å². The van der Waals surface area contributed by atoms with Crippen molar-refractivity contribution in [1.82, 2.24) is 11.0 Å². The molecule has 0 unspecified atom stereocenters. The molecular formula is C20H16N4O10. The highest BCUT2D eigenvalue weighted by atomic mass is 16.7. The number of hydrogen-bond donors (Lipinski definition) is 2. The fourth-order valence-electron chi connectivity index (χ4n) is 2.95. The van der Waals surface area contributed by atoms with Gasteiger partial charge in [-0.3, -0.25) is 29.8 Å². The van der Waals surface area contributed by atoms with E-state index in [0.717, 1.165) is 24.3 Å². The topological polar surface area (TPSA) is 197 Å². The average molecular weight is 472 g/mol. The first-order valence-electron chi connectivity index (χ1n) is 9.66. The Bertz CT molecular complexity index is 1050. The van der Waals surface area contributed by atoms with Crippen LogP contribution in [0.3, 0.4) is 0 Å². The van der Waals surface area contributed by atoms with Crippen LogP contribution in [0.1, 0.15) is 33.6 Å². The summed E-state index contributed by atoms with van der Waals surface area (Å²) in [5.41, 5.74) is 3.54. The van der Waals surface area contributed by atoms with Gasteiger partial charge in [-0.05, 0) is 37.1 Å². The molecule has 14 heteroatoms. The number of hydrogen-bond acceptors (Lipinski definition) is 10. The first-order valence-corrected chi connectivity index (χ1v) is 9.66. The van der Waals surface area contributed by atoms with Crippen molar-refractivity contribution in [1.29, 1.82) is 0 Å². The number of carbonyl (C=O) groups is 4. The van der Waals surface area contributed by atoms with Crippen molar-refractivity contribution < 1.29 is 38.7 Å². The first-order chi connectivity index (χ1) is 16.2. The number of nitrogens with zero attached hydrogens (tertiary/aromatic N) is 2. The minimum Gasteiger partial charge on any atom is -0.340 e. The molecular weight excluding hydrogens is 456 g/mol. The molecule has 176 valence electrons. The van der Waals surface area contributed by atoms with Gasteiger partial charge in [0.1, 0.15) is 0 Å². The van der Waals surface area contributed by atoms with Crippen LogP contribution in [0.4, 0.5) is 11.4 Å². The number of benzene rings is 2. The second-order valence-corrected chi connectivity index (χ2v) is 7.18. The Kier molecular flexibility index (Phi) is 7.10. The summed E-state index contributed by atoms with van der Waals surface area (Å²) in [6, 6.07) is 9.28. The summed E-state index contributed by atoms with van der Waals surface area (Å²) in [7, 11) is 0. The zero-order valence-electron chi connectivity index (χ0n) is 17.2. The third kappa shape index (κ3) is 5.67. The predicted octanol–water partition coefficient (Wildman–Crippen LogP) is 1.61. The molecule has 0 bridgehead atoms. The molecule has 0 spiro atoms. The quantitative estimate of drug-likeness (QED) is 0.460. The smallest absolute Gasteiger partial charge is 0.335 e. The third-order valence-corrected chi connectivity index (χ3v) is 4.97. The van der Waals surface area contributed by atoms with E-state index in [-0.39, 0.29) is 35.3 Å². The lowest BCUT2D eigenvalue weighted by atomic mass is 9.75. The second-order valence-electron chi connectivity index (χ2n) is 7.18. The van der Waals surface area contributed by atoms with Crippen molar-refractivity contribution in [2.75, 3.05) is 0 Å². The molecule has 1 fully saturated rings. The largest absolute Gasteiger partial charge is 0.340 e. The molecule has 0 saturated heterocycles. The van der Waals surface area contributed by atoms with Gasteiger partial charge < -0.3 is 9.68 Å². The molecule has 0 radical (unpaired) electrons. The fraction of sp³-hybridized carbons (Fsp3) is 0.200. The van der Waals surface area contributed by atoms with Gasteiger partial charge >= 0.3 is 11.9 Å². The number of rotatable bonds is 6. The molecule has 1 saturated carbocycles. The molecule has 2 aromatic carbocycles. The van der Waals surface area contributed by atoms with Gasteiger partial charge in [-0.25, -0.2) is 9.59 Å². The lowest BCUT2D eigenvalue weighted by molar-refractivity contribution is -0.385. The molecule has 1 aliphatic rings. The summed E-state index contributed by atoms with van der Waals surface area (Å²) in [5, 5.41) is 21.2. The first kappa shape index (κ1) is 23.8. The van der Waals surface area contributed by atoms with Gasteiger partial charge in [-0.15, -0.1) is 0 Å². The monoisotopic (exact) mass is 472 g/mol. The van der Waals surface area contributed by atoms with Crippen LogP contribution in [-0.2, 0) is 19.3 Å². The van der Waals surface area contributed by atoms with Crippen LogP contribution >= 0.6 is 0 Å². The van der Waals surface area contributed by atoms with E-state index in [1.54, 1.807) is 0 Å². The normalized spacial score (nSPS) is 16.4. The molecule has 1 aliphatic carbocycles. The van der Waals surface area contributed by atoms with E-state index in [2.05, 4.69) is 0 Å². The van der Waals surface area contributed by atoms with E-state index in [4.69, 9.17) is 9.68 Å². The molecule has 34 heavy (non-hydrogen) atoms. The summed E-state index contributed by atoms with van der Waals surface area (Å²) < 4.78 is 0. The maximum absolute atomic E-state index is 12.0. The Hall–Kier alpha value is -4.88. The number of amides is 2. The highest BCUT2D eigenvalue weighted by Gasteiger charge is 2.41. The Balaban J connectivity index is 1.38. The van der Waals surface area contributed by atoms with Gasteiger partial charge in [0.2, 0.25) is 0 Å². The van der Waals surface area contributed by atoms with E-state index in [0.29, 0.717) is 0 Å². The van der Waals surface area contributed by atoms with Crippen LogP contribution in [-0.4, -0.2) is 33.6 Å². The van der Waals surface area contributed by atoms with E-state index in [1.807, 2.05) is 11.0 Å². The summed E-state index contributed by atoms with van der Waals surface area (Å²) in [6.45, 7) is 0. The van der Waals surface area contributed by atoms with Crippen molar-refractivity contribution >= 4 is 35.1 Å². The van der Waals surface area contributed by atoms with Crippen molar-refractivity contribution in [3.8, 4) is 0 Å². The summed E-state index contributed by atoms with van der Waals surface area (Å²) in [5.74, 6) is -4.50. The lowest BCUT2D eigenvalue weighted by Gasteiger charge is -2.30. The molecule has 2 amide bonds. The second kappa shape index (κ2) is 10.2. The van der Waals surface area contributed by atoms with Crippen molar-refractivity contribution in [2.24, 2.45) is 11.8 Å². The van der Waals surface area contributed by atoms with Gasteiger partial charge in [-0.2, -0.15) is 11.0 Å². The number of nitro benzene ring substituents is 2. The Labute approximate surface area is 190 Å². The molecule has 2 aromatic rings. The van der Waals surface area contributed by atoms with Crippen molar-refractivity contribution in [3.05, 3.63) is 79.9 Å². The van der Waals surface area contributed by atoms with Crippen LogP contribution in [0.15, 0.2) is 48.5 Å². The van der Waals surface area contributed by atoms with E-state index in [9.17, 15) is 39.4 Å². The molecule has 3 rings (SSSR count). The minimum atomic E-state index is -0.785. The summed E-state index contributed by atoms with van der Waals surface area (Å²) >= 11 is 0. The number of nitrogens with one attached hydrogen (secondary N) is 2. The third-order valence-electron chi connectivity index (χ3n) is 4.97. The Morgan fingerprint density at radius 1 is 0.676 bits per heavy atom. The van der Waals surface area contributed by atoms with Gasteiger partial charge in [0.25, 0.3) is 23.2 Å². The number of non-ortho nitro benzene ring substituents is 2. The van der Waals surface area contributed by atoms with Crippen LogP contribution < -0.4 is 11.0 Å². The highest BCUT2D eigenvalue weighted by molar-refractivity contribution is 5.95. The summed E-state index contributed by atoms with van der Waals surface area (Å²) in [4.78, 5) is 77.3. The Morgan fingerprint density at radius 3 is 1.29 bits per heavy atom. The molecule has 0 atom stereocenters. The number of nitro groups is 2. The average Bonchev–Trinajstić information content (AvgIpc) is 2.80. The van der Waals surface area contributed by atoms with Crippen LogP contribution in [0.5, 0.6) is 0 Å². The van der Waals surface area contributed by atoms with Crippen LogP contribution in [0, 0.1) is 32.1 Å². The lowest BCUT2D eigenvalue weighted by Crippen LogP contribution is -2.41. The SMILES string of the molecule is O=C(NOC(=O)C1CC(C(=O)ONC(=O)c2ccc([N+](=O)[O-])cc2)C1)c1ccc([N+](=O)[O-])cc1. The van der Waals surface area contributed by atoms with Crippen LogP contribution in [0.2, 0.25) is 0 Å². The predicted molar refractivity (Wildman–Crippen MR) is 110 cm³/mol. The maximum Gasteiger partial charge on any atom is 0.335 e. The molecule has 2 N–H and O–H groups in total. The van der Waals surface area contributed by atoms with Crippen LogP contribution in [0.25, 0.3) is 0 Å².